The summed E-state index contributed by atoms with van der Waals surface area (Å²) in [6.07, 6.45) is 6.53. The van der Waals surface area contributed by atoms with Gasteiger partial charge in [0.15, 0.2) is 0 Å². The second-order valence-electron chi connectivity index (χ2n) is 5.41. The fourth-order valence-corrected chi connectivity index (χ4v) is 2.73. The fraction of sp³-hybridized carbons (Fsp3) is 0.222. The van der Waals surface area contributed by atoms with Crippen LogP contribution in [0.5, 0.6) is 11.5 Å². The van der Waals surface area contributed by atoms with Crippen LogP contribution in [0.1, 0.15) is 11.3 Å². The van der Waals surface area contributed by atoms with E-state index in [1.165, 1.54) is 0 Å². The molecular weight excluding hydrogens is 318 g/mol. The summed E-state index contributed by atoms with van der Waals surface area (Å²) in [6, 6.07) is 5.83. The summed E-state index contributed by atoms with van der Waals surface area (Å²) in [5, 5.41) is 10.3. The maximum Gasteiger partial charge on any atom is 0.148 e. The second kappa shape index (κ2) is 7.01. The SMILES string of the molecule is COc1cc(OC)c2ncc(C#N)c(N(C)Cc3cnccn3)c2c1. The molecule has 0 N–H and O–H groups in total. The normalized spacial score (nSPS) is 10.3. The van der Waals surface area contributed by atoms with E-state index in [-0.39, 0.29) is 0 Å². The predicted molar refractivity (Wildman–Crippen MR) is 93.7 cm³/mol. The number of aromatic nitrogens is 3. The van der Waals surface area contributed by atoms with Crippen molar-refractivity contribution in [1.82, 2.24) is 15.0 Å². The van der Waals surface area contributed by atoms with Crippen LogP contribution in [-0.4, -0.2) is 36.2 Å². The average Bonchev–Trinajstić information content (AvgIpc) is 2.66. The zero-order valence-electron chi connectivity index (χ0n) is 14.2. The molecule has 0 aliphatic carbocycles. The van der Waals surface area contributed by atoms with Gasteiger partial charge in [-0.1, -0.05) is 0 Å². The molecule has 0 radical (unpaired) electrons. The maximum atomic E-state index is 9.54. The number of ether oxygens (including phenoxy) is 2. The number of benzene rings is 1. The molecule has 7 heteroatoms. The molecule has 0 saturated heterocycles. The average molecular weight is 335 g/mol. The van der Waals surface area contributed by atoms with Crippen LogP contribution in [0.4, 0.5) is 5.69 Å². The highest BCUT2D eigenvalue weighted by Crippen LogP contribution is 2.37. The van der Waals surface area contributed by atoms with Gasteiger partial charge in [-0.3, -0.25) is 15.0 Å². The minimum Gasteiger partial charge on any atom is -0.497 e. The minimum absolute atomic E-state index is 0.467. The molecule has 0 bridgehead atoms. The summed E-state index contributed by atoms with van der Waals surface area (Å²) in [7, 11) is 5.07. The Hall–Kier alpha value is -3.40. The molecule has 2 aromatic heterocycles. The van der Waals surface area contributed by atoms with E-state index in [1.807, 2.05) is 18.0 Å². The van der Waals surface area contributed by atoms with Crippen molar-refractivity contribution in [2.75, 3.05) is 26.2 Å². The number of nitriles is 1. The highest BCUT2D eigenvalue weighted by molar-refractivity contribution is 5.98. The molecule has 0 atom stereocenters. The number of nitrogens with zero attached hydrogens (tertiary/aromatic N) is 5. The smallest absolute Gasteiger partial charge is 0.148 e. The zero-order chi connectivity index (χ0) is 17.8. The Bertz CT molecular complexity index is 938. The van der Waals surface area contributed by atoms with Crippen molar-refractivity contribution >= 4 is 16.6 Å². The molecule has 0 amide bonds. The third kappa shape index (κ3) is 3.15. The van der Waals surface area contributed by atoms with Gasteiger partial charge in [0.2, 0.25) is 0 Å². The third-order valence-corrected chi connectivity index (χ3v) is 3.86. The van der Waals surface area contributed by atoms with Crippen molar-refractivity contribution in [1.29, 1.82) is 5.26 Å². The van der Waals surface area contributed by atoms with E-state index in [2.05, 4.69) is 21.0 Å². The van der Waals surface area contributed by atoms with Gasteiger partial charge in [-0.2, -0.15) is 5.26 Å². The number of rotatable bonds is 5. The van der Waals surface area contributed by atoms with Gasteiger partial charge < -0.3 is 14.4 Å². The van der Waals surface area contributed by atoms with Crippen LogP contribution in [0.15, 0.2) is 36.9 Å². The van der Waals surface area contributed by atoms with Crippen molar-refractivity contribution in [3.63, 3.8) is 0 Å². The van der Waals surface area contributed by atoms with Gasteiger partial charge in [-0.25, -0.2) is 0 Å². The van der Waals surface area contributed by atoms with Gasteiger partial charge in [-0.15, -0.1) is 0 Å². The molecule has 0 fully saturated rings. The van der Waals surface area contributed by atoms with Crippen molar-refractivity contribution in [2.24, 2.45) is 0 Å². The first kappa shape index (κ1) is 16.5. The van der Waals surface area contributed by atoms with Crippen LogP contribution in [0, 0.1) is 11.3 Å². The Morgan fingerprint density at radius 1 is 1.12 bits per heavy atom. The van der Waals surface area contributed by atoms with Gasteiger partial charge in [0, 0.05) is 37.1 Å². The van der Waals surface area contributed by atoms with Gasteiger partial charge >= 0.3 is 0 Å². The highest BCUT2D eigenvalue weighted by atomic mass is 16.5. The number of fused-ring (bicyclic) bond motifs is 1. The molecule has 7 nitrogen and oxygen atoms in total. The zero-order valence-corrected chi connectivity index (χ0v) is 14.2. The van der Waals surface area contributed by atoms with E-state index >= 15 is 0 Å². The first-order chi connectivity index (χ1) is 12.2. The topological polar surface area (TPSA) is 84.2 Å². The van der Waals surface area contributed by atoms with Crippen molar-refractivity contribution in [3.8, 4) is 17.6 Å². The summed E-state index contributed by atoms with van der Waals surface area (Å²) in [4.78, 5) is 14.7. The number of hydrogen-bond donors (Lipinski definition) is 0. The molecule has 0 spiro atoms. The fourth-order valence-electron chi connectivity index (χ4n) is 2.73. The summed E-state index contributed by atoms with van der Waals surface area (Å²) in [6.45, 7) is 0.501. The maximum absolute atomic E-state index is 9.54. The molecule has 2 heterocycles. The molecule has 0 saturated carbocycles. The van der Waals surface area contributed by atoms with Gasteiger partial charge in [0.05, 0.1) is 43.9 Å². The van der Waals surface area contributed by atoms with Gasteiger partial charge in [0.1, 0.15) is 23.1 Å². The van der Waals surface area contributed by atoms with Crippen molar-refractivity contribution < 1.29 is 9.47 Å². The lowest BCUT2D eigenvalue weighted by Gasteiger charge is -2.22. The Balaban J connectivity index is 2.19. The number of hydrogen-bond acceptors (Lipinski definition) is 7. The number of methoxy groups -OCH3 is 2. The molecule has 1 aromatic carbocycles. The lowest BCUT2D eigenvalue weighted by molar-refractivity contribution is 0.397. The van der Waals surface area contributed by atoms with Crippen LogP contribution in [0.3, 0.4) is 0 Å². The molecule has 0 unspecified atom stereocenters. The molecule has 0 aliphatic heterocycles. The van der Waals surface area contributed by atoms with E-state index in [1.54, 1.807) is 45.1 Å². The molecule has 126 valence electrons. The standard InChI is InChI=1S/C18H17N5O2/c1-23(11-13-10-20-4-5-21-13)18-12(8-19)9-22-17-15(18)6-14(24-2)7-16(17)25-3/h4-7,9-10H,11H2,1-3H3. The molecule has 25 heavy (non-hydrogen) atoms. The van der Waals surface area contributed by atoms with E-state index in [0.717, 1.165) is 16.8 Å². The highest BCUT2D eigenvalue weighted by Gasteiger charge is 2.17. The van der Waals surface area contributed by atoms with E-state index in [0.29, 0.717) is 29.1 Å². The van der Waals surface area contributed by atoms with Gasteiger partial charge in [0.25, 0.3) is 0 Å². The Morgan fingerprint density at radius 2 is 1.96 bits per heavy atom. The van der Waals surface area contributed by atoms with E-state index in [9.17, 15) is 5.26 Å². The van der Waals surface area contributed by atoms with Crippen LogP contribution in [0.25, 0.3) is 10.9 Å². The van der Waals surface area contributed by atoms with Crippen LogP contribution < -0.4 is 14.4 Å². The van der Waals surface area contributed by atoms with Crippen molar-refractivity contribution in [3.05, 3.63) is 48.2 Å². The Labute approximate surface area is 145 Å². The van der Waals surface area contributed by atoms with Crippen molar-refractivity contribution in [2.45, 2.75) is 6.54 Å². The predicted octanol–water partition coefficient (Wildman–Crippen LogP) is 2.55. The summed E-state index contributed by atoms with van der Waals surface area (Å²) >= 11 is 0. The minimum atomic E-state index is 0.467. The molecule has 3 rings (SSSR count). The van der Waals surface area contributed by atoms with Crippen LogP contribution in [0.2, 0.25) is 0 Å². The monoisotopic (exact) mass is 335 g/mol. The van der Waals surface area contributed by atoms with Gasteiger partial charge in [-0.05, 0) is 6.07 Å². The molecule has 0 aliphatic rings. The van der Waals surface area contributed by atoms with Crippen LogP contribution in [-0.2, 0) is 6.54 Å². The lowest BCUT2D eigenvalue weighted by Crippen LogP contribution is -2.19. The Morgan fingerprint density at radius 3 is 2.60 bits per heavy atom. The lowest BCUT2D eigenvalue weighted by atomic mass is 10.1. The number of pyridine rings is 1. The largest absolute Gasteiger partial charge is 0.497 e. The molecule has 3 aromatic rings. The quantitative estimate of drug-likeness (QED) is 0.708. The second-order valence-corrected chi connectivity index (χ2v) is 5.41. The third-order valence-electron chi connectivity index (χ3n) is 3.86. The van der Waals surface area contributed by atoms with Crippen LogP contribution >= 0.6 is 0 Å². The summed E-state index contributed by atoms with van der Waals surface area (Å²) in [5.74, 6) is 1.23. The summed E-state index contributed by atoms with van der Waals surface area (Å²) in [5.41, 5.74) is 2.68. The first-order valence-corrected chi connectivity index (χ1v) is 7.58. The van der Waals surface area contributed by atoms with E-state index < -0.39 is 0 Å². The number of anilines is 1. The van der Waals surface area contributed by atoms with E-state index in [4.69, 9.17) is 9.47 Å². The summed E-state index contributed by atoms with van der Waals surface area (Å²) < 4.78 is 10.8. The molecular formula is C18H17N5O2. The first-order valence-electron chi connectivity index (χ1n) is 7.58. The Kier molecular flexibility index (Phi) is 4.61.